The fraction of sp³-hybridized carbons (Fsp3) is 1.00. The van der Waals surface area contributed by atoms with E-state index in [1.54, 1.807) is 0 Å². The zero-order valence-corrected chi connectivity index (χ0v) is 8.57. The topological polar surface area (TPSA) is 9.23 Å². The van der Waals surface area contributed by atoms with Gasteiger partial charge in [-0.15, -0.1) is 0 Å². The van der Waals surface area contributed by atoms with E-state index in [1.165, 1.54) is 51.4 Å². The Morgan fingerprint density at radius 3 is 1.75 bits per heavy atom. The highest BCUT2D eigenvalue weighted by Gasteiger charge is 2.22. The molecule has 2 heteroatoms. The summed E-state index contributed by atoms with van der Waals surface area (Å²) in [6.45, 7) is 2.26. The molecule has 0 aliphatic heterocycles. The van der Waals surface area contributed by atoms with Crippen LogP contribution in [0.4, 0.5) is 0 Å². The fourth-order valence-electron chi connectivity index (χ4n) is 2.03. The summed E-state index contributed by atoms with van der Waals surface area (Å²) in [5, 5.41) is 0. The summed E-state index contributed by atoms with van der Waals surface area (Å²) in [6, 6.07) is 0. The molecule has 0 unspecified atom stereocenters. The van der Waals surface area contributed by atoms with Crippen LogP contribution >= 0.6 is 0 Å². The van der Waals surface area contributed by atoms with Crippen molar-refractivity contribution in [1.82, 2.24) is 0 Å². The van der Waals surface area contributed by atoms with Gasteiger partial charge in [-0.2, -0.15) is 0 Å². The van der Waals surface area contributed by atoms with E-state index in [0.717, 1.165) is 0 Å². The Morgan fingerprint density at radius 2 is 1.33 bits per heavy atom. The molecule has 70 valence electrons. The van der Waals surface area contributed by atoms with E-state index in [2.05, 4.69) is 6.92 Å². The van der Waals surface area contributed by atoms with Gasteiger partial charge in [-0.1, -0.05) is 38.5 Å². The van der Waals surface area contributed by atoms with Crippen LogP contribution < -0.4 is 0 Å². The Bertz CT molecular complexity index is 115. The summed E-state index contributed by atoms with van der Waals surface area (Å²) in [4.78, 5) is 0. The highest BCUT2D eigenvalue weighted by molar-refractivity contribution is 5.98. The highest BCUT2D eigenvalue weighted by Crippen LogP contribution is 2.27. The lowest BCUT2D eigenvalue weighted by molar-refractivity contribution is 0.0769. The lowest BCUT2D eigenvalue weighted by Gasteiger charge is -2.28. The normalized spacial score (nSPS) is 25.4. The van der Waals surface area contributed by atoms with Crippen molar-refractivity contribution in [2.24, 2.45) is 0 Å². The molecule has 0 atom stereocenters. The third-order valence-electron chi connectivity index (χ3n) is 3.15. The van der Waals surface area contributed by atoms with Crippen molar-refractivity contribution in [2.45, 2.75) is 63.9 Å². The van der Waals surface area contributed by atoms with E-state index in [4.69, 9.17) is 4.65 Å². The van der Waals surface area contributed by atoms with Gasteiger partial charge in [0.15, 0.2) is 0 Å². The second-order valence-corrected chi connectivity index (χ2v) is 4.28. The van der Waals surface area contributed by atoms with Gasteiger partial charge in [0.2, 0.25) is 0 Å². The van der Waals surface area contributed by atoms with Gasteiger partial charge in [0.25, 0.3) is 8.05 Å². The Hall–Kier alpha value is 0.0249. The van der Waals surface area contributed by atoms with E-state index >= 15 is 0 Å². The molecule has 0 N–H and O–H groups in total. The molecule has 0 heterocycles. The van der Waals surface area contributed by atoms with Crippen LogP contribution in [0.15, 0.2) is 0 Å². The van der Waals surface area contributed by atoms with Crippen LogP contribution in [0.1, 0.15) is 58.3 Å². The molecule has 0 aromatic heterocycles. The average Bonchev–Trinajstić information content (AvgIpc) is 2.18. The summed E-state index contributed by atoms with van der Waals surface area (Å²) in [5.41, 5.74) is 0.185. The van der Waals surface area contributed by atoms with Gasteiger partial charge in [-0.05, 0) is 19.8 Å². The zero-order chi connectivity index (χ0) is 8.86. The van der Waals surface area contributed by atoms with Crippen molar-refractivity contribution in [3.63, 3.8) is 0 Å². The second-order valence-electron chi connectivity index (χ2n) is 4.28. The summed E-state index contributed by atoms with van der Waals surface area (Å²) in [6.07, 6.45) is 10.9. The Labute approximate surface area is 77.3 Å². The molecule has 1 fully saturated rings. The fourth-order valence-corrected chi connectivity index (χ4v) is 2.03. The molecule has 1 nitrogen and oxygen atoms in total. The maximum Gasteiger partial charge on any atom is 0.258 e. The summed E-state index contributed by atoms with van der Waals surface area (Å²) < 4.78 is 5.57. The molecule has 0 aromatic rings. The first-order valence-electron chi connectivity index (χ1n) is 5.32. The molecular formula is C10H21BO. The van der Waals surface area contributed by atoms with Gasteiger partial charge >= 0.3 is 0 Å². The van der Waals surface area contributed by atoms with Gasteiger partial charge in [0.1, 0.15) is 0 Å². The second kappa shape index (κ2) is 4.91. The summed E-state index contributed by atoms with van der Waals surface area (Å²) >= 11 is 0. The van der Waals surface area contributed by atoms with Crippen molar-refractivity contribution < 1.29 is 4.65 Å². The molecule has 0 amide bonds. The van der Waals surface area contributed by atoms with Crippen LogP contribution in [0, 0.1) is 0 Å². The molecule has 0 spiro atoms. The maximum atomic E-state index is 5.57. The molecule has 1 aliphatic rings. The van der Waals surface area contributed by atoms with Crippen LogP contribution in [0.5, 0.6) is 0 Å². The molecular weight excluding hydrogens is 147 g/mol. The van der Waals surface area contributed by atoms with Gasteiger partial charge in [0, 0.05) is 5.60 Å². The number of hydrogen-bond acceptors (Lipinski definition) is 1. The van der Waals surface area contributed by atoms with E-state index in [1.807, 2.05) is 8.05 Å². The van der Waals surface area contributed by atoms with Crippen LogP contribution in [0.25, 0.3) is 0 Å². The SMILES string of the molecule is BOC1(C)CCCCCCCC1. The number of hydrogen-bond donors (Lipinski definition) is 0. The Kier molecular flexibility index (Phi) is 4.13. The van der Waals surface area contributed by atoms with E-state index in [9.17, 15) is 0 Å². The van der Waals surface area contributed by atoms with Crippen molar-refractivity contribution in [3.8, 4) is 0 Å². The Balaban J connectivity index is 2.38. The third kappa shape index (κ3) is 3.18. The van der Waals surface area contributed by atoms with Gasteiger partial charge in [-0.3, -0.25) is 0 Å². The highest BCUT2D eigenvalue weighted by atomic mass is 16.4. The van der Waals surface area contributed by atoms with Crippen molar-refractivity contribution in [3.05, 3.63) is 0 Å². The van der Waals surface area contributed by atoms with Gasteiger partial charge in [-0.25, -0.2) is 0 Å². The van der Waals surface area contributed by atoms with Crippen molar-refractivity contribution >= 4 is 8.05 Å². The lowest BCUT2D eigenvalue weighted by atomic mass is 9.93. The van der Waals surface area contributed by atoms with Crippen molar-refractivity contribution in [1.29, 1.82) is 0 Å². The number of rotatable bonds is 1. The average molecular weight is 168 g/mol. The molecule has 12 heavy (non-hydrogen) atoms. The predicted octanol–water partition coefficient (Wildman–Crippen LogP) is 2.44. The molecule has 0 bridgehead atoms. The first-order chi connectivity index (χ1) is 5.77. The minimum Gasteiger partial charge on any atom is -0.439 e. The van der Waals surface area contributed by atoms with Crippen LogP contribution in [0.2, 0.25) is 0 Å². The molecule has 1 saturated carbocycles. The summed E-state index contributed by atoms with van der Waals surface area (Å²) in [5.74, 6) is 0. The minimum atomic E-state index is 0.185. The van der Waals surface area contributed by atoms with Gasteiger partial charge in [0.05, 0.1) is 0 Å². The first kappa shape index (κ1) is 10.1. The van der Waals surface area contributed by atoms with Crippen LogP contribution in [-0.2, 0) is 4.65 Å². The molecule has 1 aliphatic carbocycles. The first-order valence-corrected chi connectivity index (χ1v) is 5.32. The monoisotopic (exact) mass is 168 g/mol. The third-order valence-corrected chi connectivity index (χ3v) is 3.15. The quantitative estimate of drug-likeness (QED) is 0.546. The lowest BCUT2D eigenvalue weighted by Crippen LogP contribution is -2.27. The standard InChI is InChI=1S/C10H21BO/c1-10(12-11)8-6-4-2-3-5-7-9-10/h2-9,11H2,1H3. The predicted molar refractivity (Wildman–Crippen MR) is 55.0 cm³/mol. The van der Waals surface area contributed by atoms with E-state index < -0.39 is 0 Å². The summed E-state index contributed by atoms with van der Waals surface area (Å²) in [7, 11) is 1.86. The van der Waals surface area contributed by atoms with Crippen LogP contribution in [0.3, 0.4) is 0 Å². The largest absolute Gasteiger partial charge is 0.439 e. The maximum absolute atomic E-state index is 5.57. The minimum absolute atomic E-state index is 0.185. The molecule has 0 radical (unpaired) electrons. The molecule has 1 rings (SSSR count). The smallest absolute Gasteiger partial charge is 0.258 e. The van der Waals surface area contributed by atoms with E-state index in [-0.39, 0.29) is 5.60 Å². The van der Waals surface area contributed by atoms with Crippen molar-refractivity contribution in [2.75, 3.05) is 0 Å². The molecule has 0 aromatic carbocycles. The van der Waals surface area contributed by atoms with Gasteiger partial charge < -0.3 is 4.65 Å². The zero-order valence-electron chi connectivity index (χ0n) is 8.57. The molecule has 0 saturated heterocycles. The van der Waals surface area contributed by atoms with Crippen LogP contribution in [-0.4, -0.2) is 13.7 Å². The Morgan fingerprint density at radius 1 is 0.917 bits per heavy atom. The van der Waals surface area contributed by atoms with E-state index in [0.29, 0.717) is 0 Å².